The number of aromatic nitrogens is 2. The Labute approximate surface area is 298 Å². The Hall–Kier alpha value is -4.65. The third kappa shape index (κ3) is 10.4. The maximum absolute atomic E-state index is 14.0. The Morgan fingerprint density at radius 1 is 0.863 bits per heavy atom. The van der Waals surface area contributed by atoms with Gasteiger partial charge in [0.25, 0.3) is 5.91 Å². The Morgan fingerprint density at radius 2 is 1.53 bits per heavy atom. The fourth-order valence-corrected chi connectivity index (χ4v) is 6.80. The van der Waals surface area contributed by atoms with Crippen LogP contribution >= 0.6 is 0 Å². The number of alkyl halides is 2. The Bertz CT molecular complexity index is 1610. The third-order valence-corrected chi connectivity index (χ3v) is 9.87. The van der Waals surface area contributed by atoms with Gasteiger partial charge < -0.3 is 20.9 Å². The number of aryl methyl sites for hydroxylation is 1. The predicted octanol–water partition coefficient (Wildman–Crippen LogP) is 3.93. The number of carbonyl (C=O) groups excluding carboxylic acids is 4. The largest absolute Gasteiger partial charge is 0.350 e. The molecule has 1 saturated heterocycles. The van der Waals surface area contributed by atoms with Gasteiger partial charge in [-0.25, -0.2) is 8.78 Å². The van der Waals surface area contributed by atoms with Crippen LogP contribution in [0, 0.1) is 5.92 Å². The van der Waals surface area contributed by atoms with E-state index in [0.29, 0.717) is 31.7 Å². The summed E-state index contributed by atoms with van der Waals surface area (Å²) in [6, 6.07) is 17.5. The Morgan fingerprint density at radius 3 is 2.18 bits per heavy atom. The molecule has 2 aromatic carbocycles. The van der Waals surface area contributed by atoms with Crippen LogP contribution in [0.3, 0.4) is 0 Å². The molecule has 2 atom stereocenters. The van der Waals surface area contributed by atoms with Crippen LogP contribution < -0.4 is 16.0 Å². The molecule has 1 saturated carbocycles. The van der Waals surface area contributed by atoms with E-state index in [4.69, 9.17) is 0 Å². The number of nitrogens with one attached hydrogen (secondary N) is 3. The predicted molar refractivity (Wildman–Crippen MR) is 189 cm³/mol. The van der Waals surface area contributed by atoms with Gasteiger partial charge in [0.2, 0.25) is 23.6 Å². The van der Waals surface area contributed by atoms with Crippen LogP contribution in [-0.4, -0.2) is 87.4 Å². The molecule has 2 aliphatic rings. The lowest BCUT2D eigenvalue weighted by Gasteiger charge is -2.36. The second-order valence-corrected chi connectivity index (χ2v) is 13.5. The number of nitrogens with zero attached hydrogens (tertiary/aromatic N) is 4. The maximum Gasteiger partial charge on any atom is 0.270 e. The molecule has 0 radical (unpaired) electrons. The number of benzene rings is 2. The van der Waals surface area contributed by atoms with Gasteiger partial charge in [-0.1, -0.05) is 61.5 Å². The topological polar surface area (TPSA) is 129 Å². The highest BCUT2D eigenvalue weighted by molar-refractivity contribution is 5.96. The molecule has 2 unspecified atom stereocenters. The second kappa shape index (κ2) is 17.5. The minimum Gasteiger partial charge on any atom is -0.350 e. The summed E-state index contributed by atoms with van der Waals surface area (Å²) in [5.74, 6) is -4.44. The average molecular weight is 706 g/mol. The Kier molecular flexibility index (Phi) is 12.9. The molecule has 3 N–H and O–H groups in total. The highest BCUT2D eigenvalue weighted by Crippen LogP contribution is 2.37. The molecule has 2 heterocycles. The number of carbonyl (C=O) groups is 4. The molecule has 3 aromatic rings. The van der Waals surface area contributed by atoms with Crippen molar-refractivity contribution in [3.05, 3.63) is 89.2 Å². The number of piperazine rings is 1. The number of hydrogen-bond donors (Lipinski definition) is 3. The molecular weight excluding hydrogens is 656 g/mol. The van der Waals surface area contributed by atoms with Crippen molar-refractivity contribution in [3.63, 3.8) is 0 Å². The van der Waals surface area contributed by atoms with E-state index in [1.54, 1.807) is 13.0 Å². The summed E-state index contributed by atoms with van der Waals surface area (Å²) in [5.41, 5.74) is 3.16. The molecule has 274 valence electrons. The molecule has 1 aliphatic heterocycles. The van der Waals surface area contributed by atoms with Crippen LogP contribution in [0.2, 0.25) is 0 Å². The van der Waals surface area contributed by atoms with E-state index in [1.165, 1.54) is 16.4 Å². The first kappa shape index (κ1) is 37.6. The lowest BCUT2D eigenvalue weighted by Crippen LogP contribution is -2.55. The van der Waals surface area contributed by atoms with Crippen molar-refractivity contribution in [2.24, 2.45) is 5.92 Å². The van der Waals surface area contributed by atoms with Crippen LogP contribution in [0.5, 0.6) is 0 Å². The standard InChI is InChI=1S/C38H49F2N7O4/c1-3-33(48)43-31(37(51)46-22-20-45(21-23-46)26-29-8-6-5-7-9-29)24-27-10-12-28(13-11-27)25-41-36(50)34(30-14-17-38(39,40)18-15-30)44-35(49)32-16-19-42-47(32)4-2/h5-13,16,19,30-31,34H,3-4,14-15,17-18,20-26H2,1-2H3,(H,41,50)(H,43,48)(H,44,49). The summed E-state index contributed by atoms with van der Waals surface area (Å²) in [6.07, 6.45) is 1.64. The SMILES string of the molecule is CCC(=O)NC(Cc1ccc(CNC(=O)C(NC(=O)c2ccnn2CC)C2CCC(F)(F)CC2)cc1)C(=O)N1CCN(Cc2ccccc2)CC1. The molecule has 4 amide bonds. The van der Waals surface area contributed by atoms with Crippen LogP contribution in [0.15, 0.2) is 66.9 Å². The summed E-state index contributed by atoms with van der Waals surface area (Å²) >= 11 is 0. The van der Waals surface area contributed by atoms with Gasteiger partial charge in [-0.3, -0.25) is 28.8 Å². The quantitative estimate of drug-likeness (QED) is 0.233. The zero-order chi connectivity index (χ0) is 36.4. The van der Waals surface area contributed by atoms with E-state index >= 15 is 0 Å². The van der Waals surface area contributed by atoms with Gasteiger partial charge >= 0.3 is 0 Å². The Balaban J connectivity index is 1.18. The van der Waals surface area contributed by atoms with Crippen LogP contribution in [-0.2, 0) is 40.4 Å². The van der Waals surface area contributed by atoms with E-state index in [2.05, 4.69) is 38.1 Å². The van der Waals surface area contributed by atoms with Gasteiger partial charge in [0.1, 0.15) is 17.8 Å². The summed E-state index contributed by atoms with van der Waals surface area (Å²) in [6.45, 7) is 7.69. The lowest BCUT2D eigenvalue weighted by atomic mass is 9.81. The molecular formula is C38H49F2N7O4. The minimum absolute atomic E-state index is 0.108. The van der Waals surface area contributed by atoms with Crippen molar-refractivity contribution in [3.8, 4) is 0 Å². The summed E-state index contributed by atoms with van der Waals surface area (Å²) in [5, 5.41) is 12.7. The summed E-state index contributed by atoms with van der Waals surface area (Å²) in [4.78, 5) is 56.8. The van der Waals surface area contributed by atoms with Crippen molar-refractivity contribution in [1.29, 1.82) is 0 Å². The molecule has 0 bridgehead atoms. The molecule has 1 aliphatic carbocycles. The van der Waals surface area contributed by atoms with E-state index in [9.17, 15) is 28.0 Å². The van der Waals surface area contributed by atoms with E-state index in [1.807, 2.05) is 54.3 Å². The smallest absolute Gasteiger partial charge is 0.270 e. The van der Waals surface area contributed by atoms with Crippen LogP contribution in [0.4, 0.5) is 8.78 Å². The van der Waals surface area contributed by atoms with Crippen molar-refractivity contribution in [2.45, 2.75) is 90.0 Å². The molecule has 51 heavy (non-hydrogen) atoms. The van der Waals surface area contributed by atoms with E-state index < -0.39 is 35.7 Å². The number of rotatable bonds is 14. The maximum atomic E-state index is 14.0. The monoisotopic (exact) mass is 705 g/mol. The van der Waals surface area contributed by atoms with Crippen molar-refractivity contribution >= 4 is 23.6 Å². The first-order valence-corrected chi connectivity index (χ1v) is 18.0. The number of halogens is 2. The normalized spacial score (nSPS) is 17.7. The van der Waals surface area contributed by atoms with Gasteiger partial charge in [0, 0.05) is 77.7 Å². The zero-order valence-electron chi connectivity index (χ0n) is 29.5. The molecule has 13 heteroatoms. The number of hydrogen-bond acceptors (Lipinski definition) is 6. The number of amides is 4. The molecule has 0 spiro atoms. The van der Waals surface area contributed by atoms with Crippen molar-refractivity contribution in [2.75, 3.05) is 26.2 Å². The molecule has 11 nitrogen and oxygen atoms in total. The van der Waals surface area contributed by atoms with Gasteiger partial charge in [0.15, 0.2) is 0 Å². The zero-order valence-corrected chi connectivity index (χ0v) is 29.5. The van der Waals surface area contributed by atoms with Crippen LogP contribution in [0.25, 0.3) is 0 Å². The van der Waals surface area contributed by atoms with Crippen molar-refractivity contribution in [1.82, 2.24) is 35.5 Å². The molecule has 5 rings (SSSR count). The van der Waals surface area contributed by atoms with Gasteiger partial charge in [-0.05, 0) is 48.4 Å². The highest BCUT2D eigenvalue weighted by Gasteiger charge is 2.40. The molecule has 1 aromatic heterocycles. The van der Waals surface area contributed by atoms with E-state index in [-0.39, 0.29) is 50.5 Å². The minimum atomic E-state index is -2.77. The second-order valence-electron chi connectivity index (χ2n) is 13.5. The van der Waals surface area contributed by atoms with Gasteiger partial charge in [0.05, 0.1) is 0 Å². The first-order chi connectivity index (χ1) is 24.5. The molecule has 2 fully saturated rings. The van der Waals surface area contributed by atoms with Gasteiger partial charge in [-0.2, -0.15) is 5.10 Å². The third-order valence-electron chi connectivity index (χ3n) is 9.87. The summed E-state index contributed by atoms with van der Waals surface area (Å²) < 4.78 is 29.4. The first-order valence-electron chi connectivity index (χ1n) is 18.0. The highest BCUT2D eigenvalue weighted by atomic mass is 19.3. The van der Waals surface area contributed by atoms with Crippen molar-refractivity contribution < 1.29 is 28.0 Å². The van der Waals surface area contributed by atoms with E-state index in [0.717, 1.165) is 30.8 Å². The fourth-order valence-electron chi connectivity index (χ4n) is 6.80. The fraction of sp³-hybridized carbons (Fsp3) is 0.500. The average Bonchev–Trinajstić information content (AvgIpc) is 3.63. The van der Waals surface area contributed by atoms with Gasteiger partial charge in [-0.15, -0.1) is 0 Å². The lowest BCUT2D eigenvalue weighted by molar-refractivity contribution is -0.138. The summed E-state index contributed by atoms with van der Waals surface area (Å²) in [7, 11) is 0. The van der Waals surface area contributed by atoms with Crippen LogP contribution in [0.1, 0.15) is 73.1 Å².